The van der Waals surface area contributed by atoms with Crippen molar-refractivity contribution in [1.82, 2.24) is 0 Å². The molecule has 0 unspecified atom stereocenters. The van der Waals surface area contributed by atoms with Gasteiger partial charge in [0.25, 0.3) is 0 Å². The first-order chi connectivity index (χ1) is 5.42. The molecule has 0 aliphatic rings. The Morgan fingerprint density at radius 2 is 1.06 bits per heavy atom. The van der Waals surface area contributed by atoms with Crippen molar-refractivity contribution < 1.29 is 44.6 Å². The van der Waals surface area contributed by atoms with Gasteiger partial charge in [-0.25, -0.2) is 4.79 Å². The van der Waals surface area contributed by atoms with Crippen LogP contribution in [0.4, 0.5) is 4.79 Å². The van der Waals surface area contributed by atoms with Gasteiger partial charge in [-0.2, -0.15) is 16.8 Å². The average molecular weight is 366 g/mol. The number of rotatable bonds is 1. The molecule has 0 spiro atoms. The van der Waals surface area contributed by atoms with Gasteiger partial charge < -0.3 is 5.11 Å². The molecule has 0 aromatic carbocycles. The van der Waals surface area contributed by atoms with E-state index < -0.39 is 27.0 Å². The summed E-state index contributed by atoms with van der Waals surface area (Å²) < 4.78 is 60.8. The molecule has 0 radical (unpaired) electrons. The number of carboxylic acid groups (broad SMARTS) is 1. The molecule has 0 aliphatic carbocycles. The molecule has 0 atom stereocenters. The molecule has 0 fully saturated rings. The Hall–Kier alpha value is 2.83. The van der Waals surface area contributed by atoms with Crippen LogP contribution in [0.5, 0.6) is 0 Å². The Labute approximate surface area is 181 Å². The summed E-state index contributed by atoms with van der Waals surface area (Å²) in [5, 5.41) is 7.49. The zero-order chi connectivity index (χ0) is 11.3. The molecule has 15 heteroatoms. The molecule has 10 nitrogen and oxygen atoms in total. The third-order valence-corrected chi connectivity index (χ3v) is 0.530. The van der Waals surface area contributed by atoms with Gasteiger partial charge in [-0.3, -0.25) is 17.8 Å². The van der Waals surface area contributed by atoms with Crippen LogP contribution in [0.15, 0.2) is 0 Å². The van der Waals surface area contributed by atoms with Crippen LogP contribution in [0.25, 0.3) is 0 Å². The van der Waals surface area contributed by atoms with E-state index >= 15 is 0 Å². The molecule has 0 aromatic heterocycles. The third-order valence-electron chi connectivity index (χ3n) is 0.177. The SMILES string of the molecule is O=C(O)OS(=O)(=O)O.O=S(=O)(O)O.[CaH2].[CaH2].[CaH2]. The van der Waals surface area contributed by atoms with E-state index in [9.17, 15) is 13.2 Å². The second-order valence-corrected chi connectivity index (χ2v) is 3.14. The molecule has 0 rings (SSSR count). The van der Waals surface area contributed by atoms with Gasteiger partial charge in [-0.15, -0.1) is 0 Å². The second kappa shape index (κ2) is 14.2. The van der Waals surface area contributed by atoms with Crippen molar-refractivity contribution in [3.8, 4) is 0 Å². The Morgan fingerprint density at radius 1 is 0.875 bits per heavy atom. The van der Waals surface area contributed by atoms with Crippen molar-refractivity contribution in [3.63, 3.8) is 0 Å². The molecule has 92 valence electrons. The van der Waals surface area contributed by atoms with E-state index in [4.69, 9.17) is 27.2 Å². The molecule has 0 saturated heterocycles. The van der Waals surface area contributed by atoms with Gasteiger partial charge in [0.2, 0.25) is 0 Å². The Bertz CT molecular complexity index is 346. The minimum atomic E-state index is -4.82. The first-order valence-electron chi connectivity index (χ1n) is 2.01. The first kappa shape index (κ1) is 31.3. The zero-order valence-corrected chi connectivity index (χ0v) is 7.19. The van der Waals surface area contributed by atoms with E-state index in [1.165, 1.54) is 0 Å². The van der Waals surface area contributed by atoms with Crippen LogP contribution < -0.4 is 0 Å². The van der Waals surface area contributed by atoms with E-state index in [2.05, 4.69) is 4.18 Å². The topological polar surface area (TPSA) is 175 Å². The van der Waals surface area contributed by atoms with Crippen LogP contribution in [-0.4, -0.2) is 155 Å². The quantitative estimate of drug-likeness (QED) is 0.265. The summed E-state index contributed by atoms with van der Waals surface area (Å²) >= 11 is 0. The van der Waals surface area contributed by atoms with Gasteiger partial charge in [-0.05, 0) is 0 Å². The molecule has 16 heavy (non-hydrogen) atoms. The molecule has 0 aliphatic heterocycles. The monoisotopic (exact) mass is 366 g/mol. The fourth-order valence-electron chi connectivity index (χ4n) is 0.0901. The van der Waals surface area contributed by atoms with Crippen molar-refractivity contribution in [1.29, 1.82) is 0 Å². The molecular formula is CH10Ca3O10S2. The van der Waals surface area contributed by atoms with Crippen LogP contribution in [0, 0.1) is 0 Å². The van der Waals surface area contributed by atoms with E-state index in [0.717, 1.165) is 0 Å². The van der Waals surface area contributed by atoms with Crippen LogP contribution in [0.2, 0.25) is 0 Å². The zero-order valence-electron chi connectivity index (χ0n) is 5.55. The van der Waals surface area contributed by atoms with Crippen LogP contribution >= 0.6 is 0 Å². The summed E-state index contributed by atoms with van der Waals surface area (Å²) in [6.45, 7) is 0. The van der Waals surface area contributed by atoms with Gasteiger partial charge in [-0.1, -0.05) is 0 Å². The predicted octanol–water partition coefficient (Wildman–Crippen LogP) is -3.92. The summed E-state index contributed by atoms with van der Waals surface area (Å²) in [6, 6.07) is 0. The first-order valence-corrected chi connectivity index (χ1v) is 4.78. The summed E-state index contributed by atoms with van der Waals surface area (Å²) in [7, 11) is -9.49. The maximum atomic E-state index is 9.39. The van der Waals surface area contributed by atoms with Gasteiger partial charge in [0.1, 0.15) is 0 Å². The van der Waals surface area contributed by atoms with Gasteiger partial charge in [0.05, 0.1) is 0 Å². The van der Waals surface area contributed by atoms with Crippen molar-refractivity contribution in [2.75, 3.05) is 0 Å². The number of hydrogen-bond donors (Lipinski definition) is 4. The van der Waals surface area contributed by atoms with Crippen LogP contribution in [0.1, 0.15) is 0 Å². The predicted molar refractivity (Wildman–Crippen MR) is 60.5 cm³/mol. The van der Waals surface area contributed by atoms with Crippen molar-refractivity contribution in [3.05, 3.63) is 0 Å². The third kappa shape index (κ3) is 68.8. The molecular weight excluding hydrogens is 356 g/mol. The van der Waals surface area contributed by atoms with E-state index in [1.807, 2.05) is 0 Å². The van der Waals surface area contributed by atoms with Crippen LogP contribution in [0.3, 0.4) is 0 Å². The summed E-state index contributed by atoms with van der Waals surface area (Å²) in [5.74, 6) is 0. The molecule has 0 heterocycles. The fraction of sp³-hybridized carbons (Fsp3) is 0. The van der Waals surface area contributed by atoms with Crippen molar-refractivity contribution >= 4 is 140 Å². The minimum absolute atomic E-state index is 0. The van der Waals surface area contributed by atoms with E-state index in [-0.39, 0.29) is 113 Å². The van der Waals surface area contributed by atoms with Gasteiger partial charge in [0, 0.05) is 0 Å². The van der Waals surface area contributed by atoms with Gasteiger partial charge >= 0.3 is 140 Å². The average Bonchev–Trinajstić information content (AvgIpc) is 1.47. The van der Waals surface area contributed by atoms with Crippen LogP contribution in [-0.2, 0) is 25.0 Å². The normalized spacial score (nSPS) is 8.94. The molecule has 0 aromatic rings. The Kier molecular flexibility index (Phi) is 27.9. The molecule has 4 N–H and O–H groups in total. The van der Waals surface area contributed by atoms with Gasteiger partial charge in [0.15, 0.2) is 0 Å². The fourth-order valence-corrected chi connectivity index (χ4v) is 0.270. The Balaban J connectivity index is -0.0000000454. The number of hydrogen-bond acceptors (Lipinski definition) is 6. The van der Waals surface area contributed by atoms with E-state index in [0.29, 0.717) is 0 Å². The summed E-state index contributed by atoms with van der Waals surface area (Å²) in [4.78, 5) is 9.25. The summed E-state index contributed by atoms with van der Waals surface area (Å²) in [6.07, 6.45) is -2.06. The standard InChI is InChI=1S/CH2O6S.3Ca.H2O4S.6H/c2-1(3)7-8(4,5)6;;;;1-5(2,3)4;;;;;;/h(H,2,3)(H,4,5,6);;;;(H2,1,2,3,4);;;;;;. The van der Waals surface area contributed by atoms with Crippen molar-refractivity contribution in [2.24, 2.45) is 0 Å². The van der Waals surface area contributed by atoms with E-state index in [1.54, 1.807) is 0 Å². The summed E-state index contributed by atoms with van der Waals surface area (Å²) in [5.41, 5.74) is 0. The molecule has 0 bridgehead atoms. The maximum absolute atomic E-state index is 9.39. The Morgan fingerprint density at radius 3 is 1.06 bits per heavy atom. The number of carbonyl (C=O) groups is 1. The van der Waals surface area contributed by atoms with Crippen molar-refractivity contribution in [2.45, 2.75) is 0 Å². The molecule has 0 amide bonds. The molecule has 0 saturated carbocycles. The second-order valence-electron chi connectivity index (χ2n) is 1.22.